The van der Waals surface area contributed by atoms with Crippen molar-refractivity contribution in [1.29, 1.82) is 0 Å². The molecule has 2 amide bonds. The summed E-state index contributed by atoms with van der Waals surface area (Å²) in [5.41, 5.74) is 1.59. The monoisotopic (exact) mass is 631 g/mol. The maximum atomic E-state index is 13.9. The smallest absolute Gasteiger partial charge is 0.305 e. The highest BCUT2D eigenvalue weighted by Crippen LogP contribution is 2.28. The van der Waals surface area contributed by atoms with Crippen LogP contribution in [0.1, 0.15) is 40.4 Å². The van der Waals surface area contributed by atoms with Gasteiger partial charge in [-0.1, -0.05) is 51.8 Å². The molecule has 3 aromatic rings. The van der Waals surface area contributed by atoms with Gasteiger partial charge in [0.05, 0.1) is 17.4 Å². The summed E-state index contributed by atoms with van der Waals surface area (Å²) in [6.07, 6.45) is -1.86. The van der Waals surface area contributed by atoms with Crippen LogP contribution in [-0.4, -0.2) is 59.8 Å². The number of carboxylic acid groups (broad SMARTS) is 1. The van der Waals surface area contributed by atoms with Gasteiger partial charge in [-0.3, -0.25) is 14.4 Å². The lowest BCUT2D eigenvalue weighted by Crippen LogP contribution is -2.63. The van der Waals surface area contributed by atoms with Gasteiger partial charge in [0.25, 0.3) is 11.8 Å². The first kappa shape index (κ1) is 29.4. The Morgan fingerprint density at radius 1 is 1.05 bits per heavy atom. The molecule has 0 radical (unpaired) electrons. The van der Waals surface area contributed by atoms with E-state index >= 15 is 0 Å². The predicted molar refractivity (Wildman–Crippen MR) is 148 cm³/mol. The second-order valence-corrected chi connectivity index (χ2v) is 12.2. The molecule has 1 fully saturated rings. The van der Waals surface area contributed by atoms with Crippen LogP contribution in [0, 0.1) is 12.7 Å². The van der Waals surface area contributed by atoms with E-state index in [1.807, 2.05) is 13.0 Å². The molecule has 2 atom stereocenters. The first-order valence-corrected chi connectivity index (χ1v) is 14.6. The first-order chi connectivity index (χ1) is 19.0. The molecule has 9 nitrogen and oxygen atoms in total. The van der Waals surface area contributed by atoms with Crippen molar-refractivity contribution in [2.75, 3.05) is 13.1 Å². The number of carbonyl (C=O) groups is 3. The van der Waals surface area contributed by atoms with Crippen molar-refractivity contribution in [3.05, 3.63) is 99.8 Å². The van der Waals surface area contributed by atoms with Gasteiger partial charge < -0.3 is 15.3 Å². The topological polar surface area (TPSA) is 124 Å². The van der Waals surface area contributed by atoms with Gasteiger partial charge in [-0.05, 0) is 61.4 Å². The van der Waals surface area contributed by atoms with E-state index in [0.29, 0.717) is 10.0 Å². The van der Waals surface area contributed by atoms with E-state index in [-0.39, 0.29) is 30.0 Å². The Balaban J connectivity index is 1.77. The maximum absolute atomic E-state index is 13.9. The van der Waals surface area contributed by atoms with Gasteiger partial charge in [0.1, 0.15) is 5.82 Å². The van der Waals surface area contributed by atoms with Crippen LogP contribution in [0.4, 0.5) is 4.39 Å². The van der Waals surface area contributed by atoms with Crippen molar-refractivity contribution in [3.63, 3.8) is 0 Å². The first-order valence-electron chi connectivity index (χ1n) is 12.4. The van der Waals surface area contributed by atoms with Crippen LogP contribution < -0.4 is 5.32 Å². The van der Waals surface area contributed by atoms with Gasteiger partial charge in [0.2, 0.25) is 10.0 Å². The van der Waals surface area contributed by atoms with E-state index in [0.717, 1.165) is 39.0 Å². The number of amides is 2. The summed E-state index contributed by atoms with van der Waals surface area (Å²) in [6.45, 7) is 1.81. The van der Waals surface area contributed by atoms with Crippen LogP contribution in [0.15, 0.2) is 82.2 Å². The number of hydrogen-bond acceptors (Lipinski definition) is 5. The Morgan fingerprint density at radius 2 is 1.75 bits per heavy atom. The summed E-state index contributed by atoms with van der Waals surface area (Å²) in [6, 6.07) is 16.6. The lowest BCUT2D eigenvalue weighted by molar-refractivity contribution is -0.138. The Hall–Kier alpha value is -3.61. The highest BCUT2D eigenvalue weighted by molar-refractivity contribution is 9.10. The standard InChI is InChI=1S/C28H27BrFN3O6S/c1-18-5-2-6-19(15-18)24(17-25(34)35)31-26(36)27-32(28(37)20-7-3-8-21(29)16-20)13-4-14-33(27)40(38,39)23-11-9-22(30)10-12-23/h2-3,5-12,15-16,24,27H,4,13-14,17H2,1H3,(H,31,36)(H,34,35). The second kappa shape index (κ2) is 12.3. The van der Waals surface area contributed by atoms with Crippen LogP contribution in [0.25, 0.3) is 0 Å². The highest BCUT2D eigenvalue weighted by atomic mass is 79.9. The number of sulfonamides is 1. The molecule has 1 saturated heterocycles. The molecular weight excluding hydrogens is 605 g/mol. The third kappa shape index (κ3) is 6.57. The average Bonchev–Trinajstić information content (AvgIpc) is 2.92. The molecule has 1 aliphatic heterocycles. The zero-order valence-electron chi connectivity index (χ0n) is 21.5. The number of carboxylic acids is 1. The van der Waals surface area contributed by atoms with Gasteiger partial charge in [0, 0.05) is 23.1 Å². The number of benzene rings is 3. The van der Waals surface area contributed by atoms with Crippen molar-refractivity contribution in [3.8, 4) is 0 Å². The van der Waals surface area contributed by atoms with E-state index in [2.05, 4.69) is 21.2 Å². The molecule has 210 valence electrons. The van der Waals surface area contributed by atoms with Crippen molar-refractivity contribution in [2.45, 2.75) is 36.9 Å². The molecule has 0 aliphatic carbocycles. The number of hydrogen-bond donors (Lipinski definition) is 2. The number of nitrogens with one attached hydrogen (secondary N) is 1. The largest absolute Gasteiger partial charge is 0.481 e. The van der Waals surface area contributed by atoms with E-state index in [4.69, 9.17) is 0 Å². The number of aliphatic carboxylic acids is 1. The van der Waals surface area contributed by atoms with E-state index in [1.165, 1.54) is 0 Å². The molecule has 0 aromatic heterocycles. The minimum atomic E-state index is -4.37. The second-order valence-electron chi connectivity index (χ2n) is 9.38. The number of aryl methyl sites for hydroxylation is 1. The van der Waals surface area contributed by atoms with Crippen LogP contribution >= 0.6 is 15.9 Å². The zero-order chi connectivity index (χ0) is 29.0. The van der Waals surface area contributed by atoms with Gasteiger partial charge in [-0.15, -0.1) is 0 Å². The van der Waals surface area contributed by atoms with Gasteiger partial charge >= 0.3 is 5.97 Å². The van der Waals surface area contributed by atoms with Gasteiger partial charge in [-0.2, -0.15) is 4.31 Å². The van der Waals surface area contributed by atoms with Crippen molar-refractivity contribution in [2.24, 2.45) is 0 Å². The highest BCUT2D eigenvalue weighted by Gasteiger charge is 2.45. The minimum Gasteiger partial charge on any atom is -0.481 e. The average molecular weight is 633 g/mol. The van der Waals surface area contributed by atoms with Gasteiger partial charge in [-0.25, -0.2) is 12.8 Å². The number of rotatable bonds is 8. The molecule has 2 N–H and O–H groups in total. The Bertz CT molecular complexity index is 1530. The van der Waals surface area contributed by atoms with Crippen LogP contribution in [-0.2, 0) is 19.6 Å². The Morgan fingerprint density at radius 3 is 2.40 bits per heavy atom. The van der Waals surface area contributed by atoms with Crippen LogP contribution in [0.3, 0.4) is 0 Å². The molecule has 4 rings (SSSR count). The summed E-state index contributed by atoms with van der Waals surface area (Å²) in [5, 5.41) is 12.2. The van der Waals surface area contributed by atoms with Crippen LogP contribution in [0.5, 0.6) is 0 Å². The third-order valence-corrected chi connectivity index (χ3v) is 8.83. The molecular formula is C28H27BrFN3O6S. The Labute approximate surface area is 239 Å². The summed E-state index contributed by atoms with van der Waals surface area (Å²) in [4.78, 5) is 40.2. The maximum Gasteiger partial charge on any atom is 0.305 e. The minimum absolute atomic E-state index is 0.0763. The molecule has 0 bridgehead atoms. The lowest BCUT2D eigenvalue weighted by Gasteiger charge is -2.42. The summed E-state index contributed by atoms with van der Waals surface area (Å²) >= 11 is 3.32. The Kier molecular flexibility index (Phi) is 9.02. The summed E-state index contributed by atoms with van der Waals surface area (Å²) in [5.74, 6) is -3.24. The molecule has 12 heteroatoms. The van der Waals surface area contributed by atoms with Gasteiger partial charge in [0.15, 0.2) is 6.17 Å². The predicted octanol–water partition coefficient (Wildman–Crippen LogP) is 4.09. The molecule has 0 saturated carbocycles. The van der Waals surface area contributed by atoms with Crippen molar-refractivity contribution in [1.82, 2.24) is 14.5 Å². The van der Waals surface area contributed by atoms with E-state index in [1.54, 1.807) is 42.5 Å². The molecule has 3 aromatic carbocycles. The fourth-order valence-electron chi connectivity index (χ4n) is 4.62. The fourth-order valence-corrected chi connectivity index (χ4v) is 6.61. The van der Waals surface area contributed by atoms with Crippen molar-refractivity contribution < 1.29 is 32.3 Å². The van der Waals surface area contributed by atoms with E-state index < -0.39 is 52.3 Å². The quantitative estimate of drug-likeness (QED) is 0.386. The summed E-state index contributed by atoms with van der Waals surface area (Å²) < 4.78 is 42.6. The SMILES string of the molecule is Cc1cccc(C(CC(=O)O)NC(=O)C2N(C(=O)c3cccc(Br)c3)CCCN2S(=O)(=O)c2ccc(F)cc2)c1. The molecule has 1 aliphatic rings. The lowest BCUT2D eigenvalue weighted by atomic mass is 10.0. The third-order valence-electron chi connectivity index (χ3n) is 6.47. The molecule has 0 spiro atoms. The zero-order valence-corrected chi connectivity index (χ0v) is 23.9. The summed E-state index contributed by atoms with van der Waals surface area (Å²) in [7, 11) is -4.37. The molecule has 2 unspecified atom stereocenters. The fraction of sp³-hybridized carbons (Fsp3) is 0.250. The molecule has 40 heavy (non-hydrogen) atoms. The van der Waals surface area contributed by atoms with Crippen molar-refractivity contribution >= 4 is 43.7 Å². The number of halogens is 2. The molecule has 1 heterocycles. The normalized spacial score (nSPS) is 16.8. The number of carbonyl (C=O) groups excluding carboxylic acids is 2. The number of nitrogens with zero attached hydrogens (tertiary/aromatic N) is 2. The van der Waals surface area contributed by atoms with E-state index in [9.17, 15) is 32.3 Å². The van der Waals surface area contributed by atoms with Crippen LogP contribution in [0.2, 0.25) is 0 Å².